The molecule has 0 aliphatic heterocycles. The van der Waals surface area contributed by atoms with Crippen molar-refractivity contribution in [1.29, 1.82) is 0 Å². The molecular weight excluding hydrogens is 228 g/mol. The van der Waals surface area contributed by atoms with E-state index in [2.05, 4.69) is 5.10 Å². The Labute approximate surface area is 107 Å². The highest BCUT2D eigenvalue weighted by Gasteiger charge is 2.15. The summed E-state index contributed by atoms with van der Waals surface area (Å²) in [5, 5.41) is 4.36. The first-order valence-corrected chi connectivity index (χ1v) is 5.81. The first-order valence-electron chi connectivity index (χ1n) is 5.81. The van der Waals surface area contributed by atoms with Crippen LogP contribution in [-0.4, -0.2) is 24.0 Å². The van der Waals surface area contributed by atoms with Crippen LogP contribution in [0.2, 0.25) is 0 Å². The third-order valence-corrected chi connectivity index (χ3v) is 3.06. The molecular formula is C14H18N2O2. The van der Waals surface area contributed by atoms with Gasteiger partial charge in [0, 0.05) is 18.2 Å². The van der Waals surface area contributed by atoms with Crippen LogP contribution in [0.1, 0.15) is 11.3 Å². The molecule has 96 valence electrons. The van der Waals surface area contributed by atoms with Crippen molar-refractivity contribution < 1.29 is 9.47 Å². The van der Waals surface area contributed by atoms with Crippen LogP contribution in [0.25, 0.3) is 11.3 Å². The highest BCUT2D eigenvalue weighted by Crippen LogP contribution is 2.37. The summed E-state index contributed by atoms with van der Waals surface area (Å²) in [5.74, 6) is 1.66. The van der Waals surface area contributed by atoms with Crippen LogP contribution < -0.4 is 9.47 Å². The summed E-state index contributed by atoms with van der Waals surface area (Å²) >= 11 is 0. The number of aryl methyl sites for hydroxylation is 2. The third kappa shape index (κ3) is 1.94. The van der Waals surface area contributed by atoms with Gasteiger partial charge in [-0.1, -0.05) is 0 Å². The number of aromatic nitrogens is 2. The van der Waals surface area contributed by atoms with Crippen LogP contribution >= 0.6 is 0 Å². The summed E-state index contributed by atoms with van der Waals surface area (Å²) < 4.78 is 12.7. The molecule has 4 nitrogen and oxygen atoms in total. The molecule has 0 unspecified atom stereocenters. The minimum Gasteiger partial charge on any atom is -0.496 e. The van der Waals surface area contributed by atoms with Crippen LogP contribution in [0.5, 0.6) is 11.5 Å². The fraction of sp³-hybridized carbons (Fsp3) is 0.357. The predicted octanol–water partition coefficient (Wildman–Crippen LogP) is 2.72. The van der Waals surface area contributed by atoms with Crippen molar-refractivity contribution >= 4 is 0 Å². The molecule has 0 aliphatic rings. The van der Waals surface area contributed by atoms with Crippen molar-refractivity contribution in [2.45, 2.75) is 13.8 Å². The summed E-state index contributed by atoms with van der Waals surface area (Å²) in [4.78, 5) is 0. The quantitative estimate of drug-likeness (QED) is 0.835. The summed E-state index contributed by atoms with van der Waals surface area (Å²) in [5.41, 5.74) is 4.05. The molecule has 1 aromatic heterocycles. The first kappa shape index (κ1) is 12.5. The van der Waals surface area contributed by atoms with E-state index < -0.39 is 0 Å². The lowest BCUT2D eigenvalue weighted by Crippen LogP contribution is -1.99. The van der Waals surface area contributed by atoms with E-state index in [0.717, 1.165) is 34.0 Å². The standard InChI is InChI=1S/C14H18N2O2/c1-9-8-12(16(3)15-9)11-6-7-13(17-4)10(2)14(11)18-5/h6-8H,1-5H3. The second-order valence-electron chi connectivity index (χ2n) is 4.27. The van der Waals surface area contributed by atoms with Gasteiger partial charge in [0.25, 0.3) is 0 Å². The van der Waals surface area contributed by atoms with Gasteiger partial charge in [0.15, 0.2) is 0 Å². The fourth-order valence-electron chi connectivity index (χ4n) is 2.22. The van der Waals surface area contributed by atoms with Gasteiger partial charge < -0.3 is 9.47 Å². The van der Waals surface area contributed by atoms with E-state index >= 15 is 0 Å². The molecule has 2 rings (SSSR count). The molecule has 0 bridgehead atoms. The van der Waals surface area contributed by atoms with Gasteiger partial charge in [-0.25, -0.2) is 0 Å². The SMILES string of the molecule is COc1ccc(-c2cc(C)nn2C)c(OC)c1C. The summed E-state index contributed by atoms with van der Waals surface area (Å²) in [6.07, 6.45) is 0. The molecule has 1 heterocycles. The Morgan fingerprint density at radius 3 is 2.33 bits per heavy atom. The zero-order chi connectivity index (χ0) is 13.3. The van der Waals surface area contributed by atoms with Crippen LogP contribution in [0, 0.1) is 13.8 Å². The second kappa shape index (κ2) is 4.72. The van der Waals surface area contributed by atoms with Crippen molar-refractivity contribution in [2.24, 2.45) is 7.05 Å². The Morgan fingerprint density at radius 1 is 1.11 bits per heavy atom. The minimum absolute atomic E-state index is 0.828. The molecule has 0 fully saturated rings. The fourth-order valence-corrected chi connectivity index (χ4v) is 2.22. The lowest BCUT2D eigenvalue weighted by atomic mass is 10.1. The maximum Gasteiger partial charge on any atom is 0.134 e. The van der Waals surface area contributed by atoms with Gasteiger partial charge in [-0.3, -0.25) is 4.68 Å². The monoisotopic (exact) mass is 246 g/mol. The van der Waals surface area contributed by atoms with E-state index in [9.17, 15) is 0 Å². The molecule has 4 heteroatoms. The zero-order valence-corrected chi connectivity index (χ0v) is 11.4. The lowest BCUT2D eigenvalue weighted by Gasteiger charge is -2.14. The molecule has 0 aliphatic carbocycles. The molecule has 0 atom stereocenters. The maximum absolute atomic E-state index is 5.52. The molecule has 18 heavy (non-hydrogen) atoms. The lowest BCUT2D eigenvalue weighted by molar-refractivity contribution is 0.389. The van der Waals surface area contributed by atoms with E-state index in [-0.39, 0.29) is 0 Å². The van der Waals surface area contributed by atoms with E-state index in [0.29, 0.717) is 0 Å². The van der Waals surface area contributed by atoms with Crippen molar-refractivity contribution in [2.75, 3.05) is 14.2 Å². The third-order valence-electron chi connectivity index (χ3n) is 3.06. The van der Waals surface area contributed by atoms with Crippen molar-refractivity contribution in [3.63, 3.8) is 0 Å². The molecule has 0 spiro atoms. The van der Waals surface area contributed by atoms with Crippen LogP contribution in [0.3, 0.4) is 0 Å². The molecule has 1 aromatic carbocycles. The largest absolute Gasteiger partial charge is 0.496 e. The molecule has 0 N–H and O–H groups in total. The Kier molecular flexibility index (Phi) is 3.28. The molecule has 0 radical (unpaired) electrons. The minimum atomic E-state index is 0.828. The van der Waals surface area contributed by atoms with Crippen LogP contribution in [0.4, 0.5) is 0 Å². The van der Waals surface area contributed by atoms with Gasteiger partial charge >= 0.3 is 0 Å². The van der Waals surface area contributed by atoms with Crippen molar-refractivity contribution in [3.8, 4) is 22.8 Å². The maximum atomic E-state index is 5.52. The summed E-state index contributed by atoms with van der Waals surface area (Å²) in [6, 6.07) is 6.00. The highest BCUT2D eigenvalue weighted by atomic mass is 16.5. The zero-order valence-electron chi connectivity index (χ0n) is 11.4. The van der Waals surface area contributed by atoms with Crippen LogP contribution in [-0.2, 0) is 7.05 Å². The van der Waals surface area contributed by atoms with Crippen LogP contribution in [0.15, 0.2) is 18.2 Å². The molecule has 0 saturated carbocycles. The van der Waals surface area contributed by atoms with E-state index in [1.54, 1.807) is 14.2 Å². The van der Waals surface area contributed by atoms with Gasteiger partial charge in [0.1, 0.15) is 11.5 Å². The number of nitrogens with zero attached hydrogens (tertiary/aromatic N) is 2. The topological polar surface area (TPSA) is 36.3 Å². The number of benzene rings is 1. The second-order valence-corrected chi connectivity index (χ2v) is 4.27. The van der Waals surface area contributed by atoms with E-state index in [4.69, 9.17) is 9.47 Å². The normalized spacial score (nSPS) is 10.5. The average molecular weight is 246 g/mol. The Bertz CT molecular complexity index is 573. The summed E-state index contributed by atoms with van der Waals surface area (Å²) in [7, 11) is 5.27. The number of ether oxygens (including phenoxy) is 2. The van der Waals surface area contributed by atoms with Gasteiger partial charge in [-0.2, -0.15) is 5.10 Å². The first-order chi connectivity index (χ1) is 8.58. The summed E-state index contributed by atoms with van der Waals surface area (Å²) in [6.45, 7) is 3.97. The Hall–Kier alpha value is -1.97. The Balaban J connectivity index is 2.65. The van der Waals surface area contributed by atoms with Gasteiger partial charge in [-0.05, 0) is 32.0 Å². The van der Waals surface area contributed by atoms with E-state index in [1.807, 2.05) is 43.8 Å². The number of methoxy groups -OCH3 is 2. The van der Waals surface area contributed by atoms with Crippen molar-refractivity contribution in [1.82, 2.24) is 9.78 Å². The number of hydrogen-bond acceptors (Lipinski definition) is 3. The smallest absolute Gasteiger partial charge is 0.134 e. The van der Waals surface area contributed by atoms with E-state index in [1.165, 1.54) is 0 Å². The average Bonchev–Trinajstić information content (AvgIpc) is 2.68. The number of rotatable bonds is 3. The van der Waals surface area contributed by atoms with Gasteiger partial charge in [0.2, 0.25) is 0 Å². The van der Waals surface area contributed by atoms with Crippen molar-refractivity contribution in [3.05, 3.63) is 29.5 Å². The predicted molar refractivity (Wildman–Crippen MR) is 71.2 cm³/mol. The highest BCUT2D eigenvalue weighted by molar-refractivity contribution is 5.72. The molecule has 2 aromatic rings. The molecule has 0 amide bonds. The molecule has 0 saturated heterocycles. The Morgan fingerprint density at radius 2 is 1.83 bits per heavy atom. The van der Waals surface area contributed by atoms with Gasteiger partial charge in [0.05, 0.1) is 25.6 Å². The number of hydrogen-bond donors (Lipinski definition) is 0. The van der Waals surface area contributed by atoms with Gasteiger partial charge in [-0.15, -0.1) is 0 Å².